The predicted molar refractivity (Wildman–Crippen MR) is 100 cm³/mol. The number of amides is 1. The van der Waals surface area contributed by atoms with Gasteiger partial charge in [0.05, 0.1) is 11.3 Å². The summed E-state index contributed by atoms with van der Waals surface area (Å²) in [5.41, 5.74) is 3.46. The first-order valence-electron chi connectivity index (χ1n) is 7.83. The Bertz CT molecular complexity index is 946. The SMILES string of the molecule is Cc1scc(C(=O)Nc2nc(-c3ccc4c(c3)OCCO4)cs2)c1C. The number of carbonyl (C=O) groups is 1. The van der Waals surface area contributed by atoms with Crippen molar-refractivity contribution in [1.82, 2.24) is 4.98 Å². The lowest BCUT2D eigenvalue weighted by Gasteiger charge is -2.18. The third kappa shape index (κ3) is 3.12. The summed E-state index contributed by atoms with van der Waals surface area (Å²) in [6.07, 6.45) is 0. The number of hydrogen-bond donors (Lipinski definition) is 1. The van der Waals surface area contributed by atoms with Crippen molar-refractivity contribution >= 4 is 33.7 Å². The number of hydrogen-bond acceptors (Lipinski definition) is 6. The first kappa shape index (κ1) is 16.1. The topological polar surface area (TPSA) is 60.5 Å². The van der Waals surface area contributed by atoms with Crippen molar-refractivity contribution in [2.45, 2.75) is 13.8 Å². The van der Waals surface area contributed by atoms with Crippen LogP contribution in [0.4, 0.5) is 5.13 Å². The summed E-state index contributed by atoms with van der Waals surface area (Å²) in [6.45, 7) is 5.10. The van der Waals surface area contributed by atoms with Crippen molar-refractivity contribution in [3.05, 3.63) is 45.0 Å². The number of thiazole rings is 1. The fraction of sp³-hybridized carbons (Fsp3) is 0.222. The highest BCUT2D eigenvalue weighted by Crippen LogP contribution is 2.35. The van der Waals surface area contributed by atoms with Crippen LogP contribution < -0.4 is 14.8 Å². The van der Waals surface area contributed by atoms with Crippen LogP contribution in [0.5, 0.6) is 11.5 Å². The number of ether oxygens (including phenoxy) is 2. The van der Waals surface area contributed by atoms with Gasteiger partial charge in [-0.2, -0.15) is 0 Å². The Morgan fingerprint density at radius 2 is 1.92 bits per heavy atom. The summed E-state index contributed by atoms with van der Waals surface area (Å²) in [5.74, 6) is 1.36. The molecule has 7 heteroatoms. The van der Waals surface area contributed by atoms with Crippen molar-refractivity contribution < 1.29 is 14.3 Å². The van der Waals surface area contributed by atoms with Crippen molar-refractivity contribution in [3.8, 4) is 22.8 Å². The molecule has 0 fully saturated rings. The maximum Gasteiger partial charge on any atom is 0.258 e. The minimum atomic E-state index is -0.120. The van der Waals surface area contributed by atoms with Crippen molar-refractivity contribution in [3.63, 3.8) is 0 Å². The second-order valence-corrected chi connectivity index (χ2v) is 7.62. The predicted octanol–water partition coefficient (Wildman–Crippen LogP) is 4.51. The molecular weight excluding hydrogens is 356 g/mol. The molecule has 5 nitrogen and oxygen atoms in total. The van der Waals surface area contributed by atoms with Gasteiger partial charge in [-0.25, -0.2) is 4.98 Å². The number of nitrogens with one attached hydrogen (secondary N) is 1. The van der Waals surface area contributed by atoms with Crippen LogP contribution in [-0.2, 0) is 0 Å². The van der Waals surface area contributed by atoms with Gasteiger partial charge < -0.3 is 9.47 Å². The number of fused-ring (bicyclic) bond motifs is 1. The zero-order valence-corrected chi connectivity index (χ0v) is 15.4. The summed E-state index contributed by atoms with van der Waals surface area (Å²) in [6, 6.07) is 5.75. The molecule has 0 atom stereocenters. The minimum absolute atomic E-state index is 0.120. The quantitative estimate of drug-likeness (QED) is 0.735. The zero-order chi connectivity index (χ0) is 17.4. The Balaban J connectivity index is 1.54. The van der Waals surface area contributed by atoms with Gasteiger partial charge in [0.15, 0.2) is 16.6 Å². The Kier molecular flexibility index (Phi) is 4.19. The largest absolute Gasteiger partial charge is 0.486 e. The Morgan fingerprint density at radius 1 is 1.12 bits per heavy atom. The van der Waals surface area contributed by atoms with Crippen LogP contribution in [0.25, 0.3) is 11.3 Å². The van der Waals surface area contributed by atoms with E-state index in [9.17, 15) is 4.79 Å². The molecule has 25 heavy (non-hydrogen) atoms. The van der Waals surface area contributed by atoms with Crippen LogP contribution in [-0.4, -0.2) is 24.1 Å². The maximum absolute atomic E-state index is 12.4. The highest BCUT2D eigenvalue weighted by Gasteiger charge is 2.16. The molecule has 0 aliphatic carbocycles. The van der Waals surface area contributed by atoms with Crippen LogP contribution >= 0.6 is 22.7 Å². The van der Waals surface area contributed by atoms with Crippen LogP contribution in [0.2, 0.25) is 0 Å². The molecule has 0 unspecified atom stereocenters. The van der Waals surface area contributed by atoms with Gasteiger partial charge in [-0.1, -0.05) is 0 Å². The first-order chi connectivity index (χ1) is 12.1. The standard InChI is InChI=1S/C18H16N2O3S2/c1-10-11(2)24-8-13(10)17(21)20-18-19-14(9-25-18)12-3-4-15-16(7-12)23-6-5-22-15/h3-4,7-9H,5-6H2,1-2H3,(H,19,20,21). The van der Waals surface area contributed by atoms with Crippen molar-refractivity contribution in [2.75, 3.05) is 18.5 Å². The van der Waals surface area contributed by atoms with Crippen LogP contribution in [0.3, 0.4) is 0 Å². The number of carbonyl (C=O) groups excluding carboxylic acids is 1. The fourth-order valence-corrected chi connectivity index (χ4v) is 4.15. The lowest BCUT2D eigenvalue weighted by atomic mass is 10.1. The van der Waals surface area contributed by atoms with Crippen molar-refractivity contribution in [2.24, 2.45) is 0 Å². The molecule has 0 radical (unpaired) electrons. The summed E-state index contributed by atoms with van der Waals surface area (Å²) < 4.78 is 11.1. The highest BCUT2D eigenvalue weighted by atomic mass is 32.1. The smallest absolute Gasteiger partial charge is 0.258 e. The molecule has 1 N–H and O–H groups in total. The molecule has 128 valence electrons. The average Bonchev–Trinajstić information content (AvgIpc) is 3.22. The molecule has 0 bridgehead atoms. The van der Waals surface area contributed by atoms with E-state index in [1.807, 2.05) is 42.8 Å². The van der Waals surface area contributed by atoms with E-state index in [-0.39, 0.29) is 5.91 Å². The van der Waals surface area contributed by atoms with Crippen LogP contribution in [0.15, 0.2) is 29.0 Å². The molecule has 1 amide bonds. The monoisotopic (exact) mass is 372 g/mol. The molecule has 1 aromatic carbocycles. The number of aromatic nitrogens is 1. The van der Waals surface area contributed by atoms with Crippen molar-refractivity contribution in [1.29, 1.82) is 0 Å². The van der Waals surface area contributed by atoms with Gasteiger partial charge in [-0.15, -0.1) is 22.7 Å². The summed E-state index contributed by atoms with van der Waals surface area (Å²) in [4.78, 5) is 18.1. The lowest BCUT2D eigenvalue weighted by Crippen LogP contribution is -2.15. The molecule has 0 saturated heterocycles. The zero-order valence-electron chi connectivity index (χ0n) is 13.8. The molecule has 1 aliphatic heterocycles. The van der Waals surface area contributed by atoms with Gasteiger partial charge in [-0.3, -0.25) is 10.1 Å². The second-order valence-electron chi connectivity index (χ2n) is 5.68. The number of nitrogens with zero attached hydrogens (tertiary/aromatic N) is 1. The third-order valence-corrected chi connectivity index (χ3v) is 5.86. The van der Waals surface area contributed by atoms with E-state index in [2.05, 4.69) is 10.3 Å². The van der Waals surface area contributed by atoms with Gasteiger partial charge in [0.1, 0.15) is 13.2 Å². The van der Waals surface area contributed by atoms with Gasteiger partial charge in [0.2, 0.25) is 0 Å². The number of aryl methyl sites for hydroxylation is 1. The molecule has 0 spiro atoms. The third-order valence-electron chi connectivity index (χ3n) is 4.09. The lowest BCUT2D eigenvalue weighted by molar-refractivity contribution is 0.102. The first-order valence-corrected chi connectivity index (χ1v) is 9.59. The molecule has 0 saturated carbocycles. The minimum Gasteiger partial charge on any atom is -0.486 e. The molecule has 3 aromatic rings. The van der Waals surface area contributed by atoms with Gasteiger partial charge in [0.25, 0.3) is 5.91 Å². The van der Waals surface area contributed by atoms with E-state index in [0.717, 1.165) is 33.2 Å². The molecule has 4 rings (SSSR count). The van der Waals surface area contributed by atoms with E-state index in [4.69, 9.17) is 9.47 Å². The summed E-state index contributed by atoms with van der Waals surface area (Å²) in [7, 11) is 0. The van der Waals surface area contributed by atoms with E-state index < -0.39 is 0 Å². The molecule has 2 aromatic heterocycles. The number of anilines is 1. The summed E-state index contributed by atoms with van der Waals surface area (Å²) in [5, 5.41) is 7.27. The second kappa shape index (κ2) is 6.50. The molecule has 1 aliphatic rings. The number of benzene rings is 1. The van der Waals surface area contributed by atoms with Gasteiger partial charge in [0, 0.05) is 21.2 Å². The molecular formula is C18H16N2O3S2. The number of rotatable bonds is 3. The van der Waals surface area contributed by atoms with Crippen LogP contribution in [0.1, 0.15) is 20.8 Å². The maximum atomic E-state index is 12.4. The van der Waals surface area contributed by atoms with E-state index in [1.54, 1.807) is 11.3 Å². The van der Waals surface area contributed by atoms with E-state index >= 15 is 0 Å². The Labute approximate surface area is 153 Å². The van der Waals surface area contributed by atoms with Gasteiger partial charge in [-0.05, 0) is 37.6 Å². The highest BCUT2D eigenvalue weighted by molar-refractivity contribution is 7.14. The molecule has 3 heterocycles. The Hall–Kier alpha value is -2.38. The summed E-state index contributed by atoms with van der Waals surface area (Å²) >= 11 is 2.99. The van der Waals surface area contributed by atoms with E-state index in [0.29, 0.717) is 23.9 Å². The van der Waals surface area contributed by atoms with E-state index in [1.165, 1.54) is 11.3 Å². The average molecular weight is 372 g/mol. The Morgan fingerprint density at radius 3 is 2.68 bits per heavy atom. The normalized spacial score (nSPS) is 12.9. The van der Waals surface area contributed by atoms with Crippen LogP contribution in [0, 0.1) is 13.8 Å². The number of thiophene rings is 1. The van der Waals surface area contributed by atoms with Gasteiger partial charge >= 0.3 is 0 Å². The fourth-order valence-electron chi connectivity index (χ4n) is 2.57.